The van der Waals surface area contributed by atoms with Crippen LogP contribution in [-0.2, 0) is 23.4 Å². The lowest BCUT2D eigenvalue weighted by molar-refractivity contribution is -0.130. The summed E-state index contributed by atoms with van der Waals surface area (Å²) in [6, 6.07) is 17.7. The molecular weight excluding hydrogens is 286 g/mol. The second-order valence-electron chi connectivity index (χ2n) is 6.07. The maximum absolute atomic E-state index is 12.3. The van der Waals surface area contributed by atoms with Gasteiger partial charge in [0.1, 0.15) is 5.60 Å². The number of fused-ring (bicyclic) bond motifs is 1. The average molecular weight is 307 g/mol. The lowest BCUT2D eigenvalue weighted by Crippen LogP contribution is -2.41. The maximum Gasteiger partial charge on any atom is 0.246 e. The standard InChI is InChI=1S/C20H21NO2/c1-2-19(22)21(14-16-8-4-3-5-9-16)15-20(23)13-12-17-10-6-7-11-18(17)20/h2-11,23H,1,12-15H2. The van der Waals surface area contributed by atoms with Gasteiger partial charge in [-0.3, -0.25) is 4.79 Å². The molecule has 2 aromatic carbocycles. The summed E-state index contributed by atoms with van der Waals surface area (Å²) in [4.78, 5) is 13.9. The minimum Gasteiger partial charge on any atom is -0.383 e. The van der Waals surface area contributed by atoms with Gasteiger partial charge in [-0.25, -0.2) is 0 Å². The van der Waals surface area contributed by atoms with Crippen molar-refractivity contribution < 1.29 is 9.90 Å². The topological polar surface area (TPSA) is 40.5 Å². The first-order chi connectivity index (χ1) is 11.1. The Hall–Kier alpha value is -2.39. The zero-order chi connectivity index (χ0) is 16.3. The quantitative estimate of drug-likeness (QED) is 0.863. The molecule has 0 heterocycles. The number of amides is 1. The van der Waals surface area contributed by atoms with Crippen molar-refractivity contribution in [3.05, 3.63) is 83.9 Å². The van der Waals surface area contributed by atoms with E-state index in [1.165, 1.54) is 11.6 Å². The highest BCUT2D eigenvalue weighted by atomic mass is 16.3. The van der Waals surface area contributed by atoms with Crippen LogP contribution in [0.3, 0.4) is 0 Å². The summed E-state index contributed by atoms with van der Waals surface area (Å²) in [5.74, 6) is -0.161. The van der Waals surface area contributed by atoms with E-state index in [0.29, 0.717) is 13.0 Å². The number of hydrogen-bond acceptors (Lipinski definition) is 2. The highest BCUT2D eigenvalue weighted by Gasteiger charge is 2.38. The molecule has 118 valence electrons. The highest BCUT2D eigenvalue weighted by molar-refractivity contribution is 5.87. The van der Waals surface area contributed by atoms with Crippen LogP contribution in [0, 0.1) is 0 Å². The van der Waals surface area contributed by atoms with Crippen molar-refractivity contribution in [1.82, 2.24) is 4.90 Å². The van der Waals surface area contributed by atoms with Crippen molar-refractivity contribution in [3.63, 3.8) is 0 Å². The van der Waals surface area contributed by atoms with Crippen molar-refractivity contribution in [1.29, 1.82) is 0 Å². The Morgan fingerprint density at radius 1 is 1.17 bits per heavy atom. The molecule has 0 radical (unpaired) electrons. The van der Waals surface area contributed by atoms with Gasteiger partial charge in [0.2, 0.25) is 5.91 Å². The number of aryl methyl sites for hydroxylation is 1. The highest BCUT2D eigenvalue weighted by Crippen LogP contribution is 2.37. The Kier molecular flexibility index (Phi) is 4.30. The van der Waals surface area contributed by atoms with Crippen LogP contribution in [-0.4, -0.2) is 22.5 Å². The third-order valence-corrected chi connectivity index (χ3v) is 4.48. The van der Waals surface area contributed by atoms with Gasteiger partial charge in [-0.15, -0.1) is 0 Å². The van der Waals surface area contributed by atoms with Crippen LogP contribution in [0.25, 0.3) is 0 Å². The molecule has 0 spiro atoms. The van der Waals surface area contributed by atoms with Crippen molar-refractivity contribution in [2.24, 2.45) is 0 Å². The predicted octanol–water partition coefficient (Wildman–Crippen LogP) is 3.04. The third-order valence-electron chi connectivity index (χ3n) is 4.48. The third kappa shape index (κ3) is 3.20. The summed E-state index contributed by atoms with van der Waals surface area (Å²) in [6.07, 6.45) is 2.79. The molecule has 23 heavy (non-hydrogen) atoms. The Bertz CT molecular complexity index is 711. The molecule has 1 unspecified atom stereocenters. The van der Waals surface area contributed by atoms with Crippen molar-refractivity contribution in [2.45, 2.75) is 25.0 Å². The van der Waals surface area contributed by atoms with Gasteiger partial charge in [-0.05, 0) is 35.6 Å². The molecule has 2 aromatic rings. The maximum atomic E-state index is 12.3. The van der Waals surface area contributed by atoms with Crippen LogP contribution in [0.5, 0.6) is 0 Å². The molecule has 0 bridgehead atoms. The molecule has 1 N–H and O–H groups in total. The minimum atomic E-state index is -0.982. The van der Waals surface area contributed by atoms with E-state index in [2.05, 4.69) is 6.58 Å². The second-order valence-corrected chi connectivity index (χ2v) is 6.07. The molecule has 0 aliphatic heterocycles. The Morgan fingerprint density at radius 2 is 1.87 bits per heavy atom. The van der Waals surface area contributed by atoms with E-state index in [-0.39, 0.29) is 12.5 Å². The fourth-order valence-corrected chi connectivity index (χ4v) is 3.29. The normalized spacial score (nSPS) is 19.2. The van der Waals surface area contributed by atoms with Gasteiger partial charge in [-0.1, -0.05) is 61.2 Å². The number of rotatable bonds is 5. The molecule has 1 aliphatic carbocycles. The van der Waals surface area contributed by atoms with Gasteiger partial charge in [0.05, 0.1) is 6.54 Å². The molecular formula is C20H21NO2. The summed E-state index contributed by atoms with van der Waals surface area (Å²) in [5.41, 5.74) is 2.16. The van der Waals surface area contributed by atoms with Crippen LogP contribution in [0.4, 0.5) is 0 Å². The number of hydrogen-bond donors (Lipinski definition) is 1. The summed E-state index contributed by atoms with van der Waals surface area (Å²) in [7, 11) is 0. The average Bonchev–Trinajstić information content (AvgIpc) is 2.92. The van der Waals surface area contributed by atoms with Gasteiger partial charge in [0.25, 0.3) is 0 Å². The first-order valence-electron chi connectivity index (χ1n) is 7.88. The Morgan fingerprint density at radius 3 is 2.61 bits per heavy atom. The van der Waals surface area contributed by atoms with E-state index < -0.39 is 5.60 Å². The lowest BCUT2D eigenvalue weighted by Gasteiger charge is -2.32. The summed E-state index contributed by atoms with van der Waals surface area (Å²) in [5, 5.41) is 11.1. The van der Waals surface area contributed by atoms with E-state index in [1.807, 2.05) is 54.6 Å². The molecule has 0 saturated carbocycles. The monoisotopic (exact) mass is 307 g/mol. The van der Waals surface area contributed by atoms with Crippen LogP contribution < -0.4 is 0 Å². The Labute approximate surface area is 136 Å². The van der Waals surface area contributed by atoms with Crippen LogP contribution in [0.2, 0.25) is 0 Å². The Balaban J connectivity index is 1.84. The smallest absolute Gasteiger partial charge is 0.246 e. The van der Waals surface area contributed by atoms with Crippen LogP contribution in [0.1, 0.15) is 23.1 Å². The molecule has 3 nitrogen and oxygen atoms in total. The van der Waals surface area contributed by atoms with Crippen LogP contribution in [0.15, 0.2) is 67.3 Å². The zero-order valence-corrected chi connectivity index (χ0v) is 13.1. The van der Waals surface area contributed by atoms with Crippen molar-refractivity contribution >= 4 is 5.91 Å². The molecule has 3 rings (SSSR count). The predicted molar refractivity (Wildman–Crippen MR) is 90.7 cm³/mol. The fraction of sp³-hybridized carbons (Fsp3) is 0.250. The van der Waals surface area contributed by atoms with E-state index in [0.717, 1.165) is 17.5 Å². The molecule has 0 saturated heterocycles. The van der Waals surface area contributed by atoms with E-state index in [4.69, 9.17) is 0 Å². The second kappa shape index (κ2) is 6.39. The zero-order valence-electron chi connectivity index (χ0n) is 13.1. The van der Waals surface area contributed by atoms with Gasteiger partial charge in [0.15, 0.2) is 0 Å². The van der Waals surface area contributed by atoms with Crippen molar-refractivity contribution in [3.8, 4) is 0 Å². The van der Waals surface area contributed by atoms with E-state index in [9.17, 15) is 9.90 Å². The van der Waals surface area contributed by atoms with Gasteiger partial charge < -0.3 is 10.0 Å². The van der Waals surface area contributed by atoms with E-state index in [1.54, 1.807) is 4.90 Å². The number of carbonyl (C=O) groups is 1. The minimum absolute atomic E-state index is 0.161. The fourth-order valence-electron chi connectivity index (χ4n) is 3.29. The number of benzene rings is 2. The molecule has 0 fully saturated rings. The van der Waals surface area contributed by atoms with E-state index >= 15 is 0 Å². The van der Waals surface area contributed by atoms with Gasteiger partial charge >= 0.3 is 0 Å². The number of carbonyl (C=O) groups excluding carboxylic acids is 1. The SMILES string of the molecule is C=CC(=O)N(Cc1ccccc1)CC1(O)CCc2ccccc21. The first-order valence-corrected chi connectivity index (χ1v) is 7.88. The summed E-state index contributed by atoms with van der Waals surface area (Å²) >= 11 is 0. The number of aliphatic hydroxyl groups is 1. The lowest BCUT2D eigenvalue weighted by atomic mass is 9.95. The van der Waals surface area contributed by atoms with Gasteiger partial charge in [-0.2, -0.15) is 0 Å². The molecule has 1 atom stereocenters. The van der Waals surface area contributed by atoms with Gasteiger partial charge in [0, 0.05) is 6.54 Å². The largest absolute Gasteiger partial charge is 0.383 e. The first kappa shape index (κ1) is 15.5. The molecule has 3 heteroatoms. The summed E-state index contributed by atoms with van der Waals surface area (Å²) < 4.78 is 0. The summed E-state index contributed by atoms with van der Waals surface area (Å²) in [6.45, 7) is 4.34. The molecule has 0 aromatic heterocycles. The van der Waals surface area contributed by atoms with Crippen LogP contribution >= 0.6 is 0 Å². The molecule has 1 amide bonds. The van der Waals surface area contributed by atoms with Crippen molar-refractivity contribution in [2.75, 3.05) is 6.54 Å². The number of nitrogens with zero attached hydrogens (tertiary/aromatic N) is 1. The molecule has 1 aliphatic rings.